The van der Waals surface area contributed by atoms with Crippen molar-refractivity contribution in [3.8, 4) is 17.3 Å². The lowest BCUT2D eigenvalue weighted by Crippen LogP contribution is -2.36. The van der Waals surface area contributed by atoms with Gasteiger partial charge in [0.2, 0.25) is 5.82 Å². The van der Waals surface area contributed by atoms with Gasteiger partial charge in [-0.2, -0.15) is 0 Å². The molecule has 1 aliphatic heterocycles. The van der Waals surface area contributed by atoms with Crippen LogP contribution in [0.4, 0.5) is 0 Å². The lowest BCUT2D eigenvalue weighted by Gasteiger charge is -2.26. The largest absolute Gasteiger partial charge is 0.492 e. The number of hydrogen-bond donors (Lipinski definition) is 1. The van der Waals surface area contributed by atoms with E-state index in [1.54, 1.807) is 18.3 Å². The van der Waals surface area contributed by atoms with Gasteiger partial charge in [0.1, 0.15) is 11.4 Å². The fourth-order valence-corrected chi connectivity index (χ4v) is 2.40. The van der Waals surface area contributed by atoms with E-state index in [-0.39, 0.29) is 0 Å². The zero-order valence-corrected chi connectivity index (χ0v) is 12.9. The normalized spacial score (nSPS) is 15.7. The Balaban J connectivity index is 1.38. The maximum Gasteiger partial charge on any atom is 0.439 e. The molecule has 8 nitrogen and oxygen atoms in total. The smallest absolute Gasteiger partial charge is 0.439 e. The fourth-order valence-electron chi connectivity index (χ4n) is 2.40. The van der Waals surface area contributed by atoms with Gasteiger partial charge in [-0.3, -0.25) is 14.4 Å². The highest BCUT2D eigenvalue weighted by molar-refractivity contribution is 5.48. The molecule has 0 atom stereocenters. The second kappa shape index (κ2) is 7.89. The first-order chi connectivity index (χ1) is 11.3. The highest BCUT2D eigenvalue weighted by Gasteiger charge is 2.09. The van der Waals surface area contributed by atoms with Crippen LogP contribution < -0.4 is 10.5 Å². The molecule has 2 aromatic rings. The molecule has 0 amide bonds. The zero-order valence-electron chi connectivity index (χ0n) is 12.9. The lowest BCUT2D eigenvalue weighted by atomic mass is 10.3. The molecule has 0 aliphatic carbocycles. The van der Waals surface area contributed by atoms with Crippen molar-refractivity contribution in [3.63, 3.8) is 0 Å². The molecule has 1 fully saturated rings. The number of ether oxygens (including phenoxy) is 2. The van der Waals surface area contributed by atoms with Gasteiger partial charge in [-0.15, -0.1) is 0 Å². The molecule has 124 valence electrons. The zero-order chi connectivity index (χ0) is 15.9. The first kappa shape index (κ1) is 15.7. The Morgan fingerprint density at radius 1 is 1.26 bits per heavy atom. The number of morpholine rings is 1. The van der Waals surface area contributed by atoms with Crippen LogP contribution in [-0.2, 0) is 4.74 Å². The number of nitrogens with one attached hydrogen (secondary N) is 1. The number of nitrogens with zero attached hydrogens (tertiary/aromatic N) is 3. The Morgan fingerprint density at radius 2 is 2.13 bits per heavy atom. The van der Waals surface area contributed by atoms with Gasteiger partial charge in [0.05, 0.1) is 26.0 Å². The maximum atomic E-state index is 10.9. The maximum absolute atomic E-state index is 10.9. The number of H-pyrrole nitrogens is 1. The van der Waals surface area contributed by atoms with Crippen molar-refractivity contribution in [1.82, 2.24) is 20.0 Å². The summed E-state index contributed by atoms with van der Waals surface area (Å²) in [7, 11) is 0. The van der Waals surface area contributed by atoms with Gasteiger partial charge in [0.25, 0.3) is 0 Å². The Hall–Kier alpha value is -2.19. The van der Waals surface area contributed by atoms with Crippen LogP contribution in [0.1, 0.15) is 12.8 Å². The van der Waals surface area contributed by atoms with E-state index in [1.807, 2.05) is 0 Å². The number of unbranched alkanes of at least 4 members (excludes halogenated alkanes) is 1. The van der Waals surface area contributed by atoms with E-state index < -0.39 is 5.76 Å². The second-order valence-corrected chi connectivity index (χ2v) is 5.33. The minimum Gasteiger partial charge on any atom is -0.492 e. The van der Waals surface area contributed by atoms with Crippen LogP contribution >= 0.6 is 0 Å². The third-order valence-corrected chi connectivity index (χ3v) is 3.66. The first-order valence-corrected chi connectivity index (χ1v) is 7.76. The Morgan fingerprint density at radius 3 is 2.83 bits per heavy atom. The molecule has 8 heteroatoms. The third kappa shape index (κ3) is 4.64. The number of pyridine rings is 1. The van der Waals surface area contributed by atoms with Crippen molar-refractivity contribution >= 4 is 0 Å². The molecule has 1 N–H and O–H groups in total. The lowest BCUT2D eigenvalue weighted by molar-refractivity contribution is 0.0368. The van der Waals surface area contributed by atoms with Gasteiger partial charge in [-0.1, -0.05) is 5.16 Å². The summed E-state index contributed by atoms with van der Waals surface area (Å²) in [5.41, 5.74) is 0.538. The summed E-state index contributed by atoms with van der Waals surface area (Å²) in [5.74, 6) is 0.417. The quantitative estimate of drug-likeness (QED) is 0.758. The van der Waals surface area contributed by atoms with Gasteiger partial charge >= 0.3 is 5.76 Å². The van der Waals surface area contributed by atoms with Crippen LogP contribution in [0.25, 0.3) is 11.5 Å². The van der Waals surface area contributed by atoms with Crippen LogP contribution in [-0.4, -0.2) is 59.5 Å². The van der Waals surface area contributed by atoms with Crippen molar-refractivity contribution in [2.45, 2.75) is 12.8 Å². The molecule has 23 heavy (non-hydrogen) atoms. The van der Waals surface area contributed by atoms with E-state index in [4.69, 9.17) is 9.47 Å². The molecule has 3 rings (SSSR count). The van der Waals surface area contributed by atoms with Crippen LogP contribution in [0.3, 0.4) is 0 Å². The summed E-state index contributed by atoms with van der Waals surface area (Å²) in [6.07, 6.45) is 3.71. The fraction of sp³-hybridized carbons (Fsp3) is 0.533. The minimum absolute atomic E-state index is 0.312. The molecule has 1 aliphatic rings. The SMILES string of the molecule is O=c1[nH]c(-c2ccc(OCCCCN3CCOCC3)cn2)no1. The highest BCUT2D eigenvalue weighted by Crippen LogP contribution is 2.15. The van der Waals surface area contributed by atoms with E-state index in [0.717, 1.165) is 45.7 Å². The van der Waals surface area contributed by atoms with E-state index in [9.17, 15) is 4.79 Å². The number of hydrogen-bond acceptors (Lipinski definition) is 7. The average Bonchev–Trinajstić information content (AvgIpc) is 3.03. The van der Waals surface area contributed by atoms with E-state index in [1.165, 1.54) is 0 Å². The van der Waals surface area contributed by atoms with Gasteiger partial charge in [-0.25, -0.2) is 9.78 Å². The van der Waals surface area contributed by atoms with Crippen LogP contribution in [0.15, 0.2) is 27.6 Å². The molecule has 0 unspecified atom stereocenters. The second-order valence-electron chi connectivity index (χ2n) is 5.33. The standard InChI is InChI=1S/C15H20N4O4/c20-15-17-14(18-23-15)13-4-3-12(11-16-13)22-8-2-1-5-19-6-9-21-10-7-19/h3-4,11H,1-2,5-10H2,(H,17,18,20). The van der Waals surface area contributed by atoms with Crippen molar-refractivity contribution in [2.75, 3.05) is 39.5 Å². The molecule has 1 saturated heterocycles. The molecule has 3 heterocycles. The van der Waals surface area contributed by atoms with Crippen molar-refractivity contribution < 1.29 is 14.0 Å². The Bertz CT molecular complexity index is 646. The van der Waals surface area contributed by atoms with E-state index in [0.29, 0.717) is 23.9 Å². The molecule has 0 spiro atoms. The molecule has 0 radical (unpaired) electrons. The van der Waals surface area contributed by atoms with Gasteiger partial charge in [-0.05, 0) is 31.5 Å². The highest BCUT2D eigenvalue weighted by atomic mass is 16.5. The van der Waals surface area contributed by atoms with Crippen molar-refractivity contribution in [2.24, 2.45) is 0 Å². The predicted molar refractivity (Wildman–Crippen MR) is 82.3 cm³/mol. The third-order valence-electron chi connectivity index (χ3n) is 3.66. The summed E-state index contributed by atoms with van der Waals surface area (Å²) in [6, 6.07) is 3.54. The molecular formula is C15H20N4O4. The topological polar surface area (TPSA) is 93.5 Å². The van der Waals surface area contributed by atoms with Gasteiger partial charge < -0.3 is 9.47 Å². The van der Waals surface area contributed by atoms with Crippen LogP contribution in [0, 0.1) is 0 Å². The number of aromatic amines is 1. The monoisotopic (exact) mass is 320 g/mol. The Kier molecular flexibility index (Phi) is 5.38. The van der Waals surface area contributed by atoms with Crippen molar-refractivity contribution in [1.29, 1.82) is 0 Å². The molecule has 2 aromatic heterocycles. The summed E-state index contributed by atoms with van der Waals surface area (Å²) < 4.78 is 15.4. The first-order valence-electron chi connectivity index (χ1n) is 7.76. The van der Waals surface area contributed by atoms with E-state index in [2.05, 4.69) is 24.5 Å². The molecular weight excluding hydrogens is 300 g/mol. The average molecular weight is 320 g/mol. The summed E-state index contributed by atoms with van der Waals surface area (Å²) in [5, 5.41) is 3.59. The van der Waals surface area contributed by atoms with Crippen LogP contribution in [0.5, 0.6) is 5.75 Å². The van der Waals surface area contributed by atoms with Gasteiger partial charge in [0.15, 0.2) is 0 Å². The van der Waals surface area contributed by atoms with Gasteiger partial charge in [0, 0.05) is 13.1 Å². The predicted octanol–water partition coefficient (Wildman–Crippen LogP) is 0.916. The molecule has 0 saturated carbocycles. The molecule has 0 aromatic carbocycles. The van der Waals surface area contributed by atoms with Crippen molar-refractivity contribution in [3.05, 3.63) is 28.9 Å². The number of rotatable bonds is 7. The van der Waals surface area contributed by atoms with Crippen LogP contribution in [0.2, 0.25) is 0 Å². The minimum atomic E-state index is -0.595. The van der Waals surface area contributed by atoms with E-state index >= 15 is 0 Å². The summed E-state index contributed by atoms with van der Waals surface area (Å²) >= 11 is 0. The number of aromatic nitrogens is 3. The summed E-state index contributed by atoms with van der Waals surface area (Å²) in [4.78, 5) is 20.0. The summed E-state index contributed by atoms with van der Waals surface area (Å²) in [6.45, 7) is 5.47. The Labute approximate surface area is 133 Å². The molecule has 0 bridgehead atoms.